The van der Waals surface area contributed by atoms with Crippen molar-refractivity contribution in [3.05, 3.63) is 60.4 Å². The number of hydrogen-bond acceptors (Lipinski definition) is 4. The molecule has 1 saturated heterocycles. The molecule has 0 bridgehead atoms. The third-order valence-corrected chi connectivity index (χ3v) is 4.68. The van der Waals surface area contributed by atoms with Gasteiger partial charge in [-0.15, -0.1) is 0 Å². The lowest BCUT2D eigenvalue weighted by molar-refractivity contribution is 0.270. The van der Waals surface area contributed by atoms with Gasteiger partial charge in [0.05, 0.1) is 11.6 Å². The molecule has 0 N–H and O–H groups in total. The Morgan fingerprint density at radius 1 is 1.04 bits per heavy atom. The monoisotopic (exact) mass is 307 g/mol. The van der Waals surface area contributed by atoms with E-state index in [1.54, 1.807) is 0 Å². The average molecular weight is 307 g/mol. The number of aliphatic imine (C=N–C) groups is 1. The number of hydrogen-bond donors (Lipinski definition) is 0. The maximum Gasteiger partial charge on any atom is 0.213 e. The molecule has 1 aromatic heterocycles. The van der Waals surface area contributed by atoms with Crippen LogP contribution in [0.25, 0.3) is 0 Å². The Hall–Kier alpha value is -2.36. The van der Waals surface area contributed by atoms with Crippen LogP contribution in [0.3, 0.4) is 0 Å². The van der Waals surface area contributed by atoms with Crippen molar-refractivity contribution in [2.45, 2.75) is 37.9 Å². The number of benzene rings is 1. The molecule has 4 rings (SSSR count). The molecule has 118 valence electrons. The van der Waals surface area contributed by atoms with E-state index in [2.05, 4.69) is 67.1 Å². The Kier molecular flexibility index (Phi) is 2.98. The van der Waals surface area contributed by atoms with Crippen LogP contribution in [-0.4, -0.2) is 28.6 Å². The van der Waals surface area contributed by atoms with Crippen molar-refractivity contribution in [3.8, 4) is 0 Å². The SMILES string of the molecule is CC1(C)COC([C@@]2(C)C(c3ccncc3)N2c2ccccc2)=N1. The predicted molar refractivity (Wildman–Crippen MR) is 91.8 cm³/mol. The molecule has 4 heteroatoms. The van der Waals surface area contributed by atoms with Crippen molar-refractivity contribution in [1.82, 2.24) is 4.98 Å². The van der Waals surface area contributed by atoms with Gasteiger partial charge in [0, 0.05) is 18.1 Å². The molecule has 2 aliphatic heterocycles. The summed E-state index contributed by atoms with van der Waals surface area (Å²) in [5, 5.41) is 0. The second kappa shape index (κ2) is 4.82. The van der Waals surface area contributed by atoms with Gasteiger partial charge in [0.25, 0.3) is 0 Å². The topological polar surface area (TPSA) is 37.5 Å². The first-order chi connectivity index (χ1) is 11.0. The molecule has 0 radical (unpaired) electrons. The number of aromatic nitrogens is 1. The van der Waals surface area contributed by atoms with Crippen molar-refractivity contribution < 1.29 is 4.74 Å². The summed E-state index contributed by atoms with van der Waals surface area (Å²) in [6.07, 6.45) is 3.69. The number of anilines is 1. The van der Waals surface area contributed by atoms with Crippen LogP contribution in [0.5, 0.6) is 0 Å². The van der Waals surface area contributed by atoms with E-state index in [-0.39, 0.29) is 17.1 Å². The van der Waals surface area contributed by atoms with Crippen molar-refractivity contribution in [1.29, 1.82) is 0 Å². The largest absolute Gasteiger partial charge is 0.477 e. The normalized spacial score (nSPS) is 28.2. The molecule has 2 aromatic rings. The van der Waals surface area contributed by atoms with Crippen LogP contribution in [0.1, 0.15) is 32.4 Å². The van der Waals surface area contributed by atoms with Gasteiger partial charge in [-0.05, 0) is 50.6 Å². The van der Waals surface area contributed by atoms with E-state index in [9.17, 15) is 0 Å². The minimum Gasteiger partial charge on any atom is -0.477 e. The summed E-state index contributed by atoms with van der Waals surface area (Å²) in [5.74, 6) is 0.841. The third-order valence-electron chi connectivity index (χ3n) is 4.68. The molecule has 1 fully saturated rings. The van der Waals surface area contributed by atoms with Crippen LogP contribution < -0.4 is 4.90 Å². The van der Waals surface area contributed by atoms with Gasteiger partial charge in [-0.25, -0.2) is 4.99 Å². The number of pyridine rings is 1. The zero-order valence-corrected chi connectivity index (χ0v) is 13.7. The first kappa shape index (κ1) is 14.2. The number of nitrogens with zero attached hydrogens (tertiary/aromatic N) is 3. The summed E-state index contributed by atoms with van der Waals surface area (Å²) in [6, 6.07) is 14.8. The molecule has 1 aromatic carbocycles. The van der Waals surface area contributed by atoms with E-state index < -0.39 is 0 Å². The highest BCUT2D eigenvalue weighted by atomic mass is 16.5. The van der Waals surface area contributed by atoms with E-state index >= 15 is 0 Å². The molecule has 0 spiro atoms. The Labute approximate surface area is 136 Å². The van der Waals surface area contributed by atoms with E-state index in [1.165, 1.54) is 11.3 Å². The summed E-state index contributed by atoms with van der Waals surface area (Å²) < 4.78 is 5.99. The van der Waals surface area contributed by atoms with Crippen LogP contribution in [0.15, 0.2) is 59.9 Å². The molecule has 2 aliphatic rings. The van der Waals surface area contributed by atoms with Gasteiger partial charge in [-0.3, -0.25) is 4.98 Å². The molecular formula is C19H21N3O. The molecule has 2 atom stereocenters. The molecule has 4 nitrogen and oxygen atoms in total. The van der Waals surface area contributed by atoms with Gasteiger partial charge >= 0.3 is 0 Å². The number of ether oxygens (including phenoxy) is 1. The van der Waals surface area contributed by atoms with Gasteiger partial charge < -0.3 is 9.64 Å². The number of para-hydroxylation sites is 1. The van der Waals surface area contributed by atoms with E-state index in [4.69, 9.17) is 9.73 Å². The zero-order valence-electron chi connectivity index (χ0n) is 13.7. The maximum absolute atomic E-state index is 5.99. The Morgan fingerprint density at radius 2 is 1.74 bits per heavy atom. The molecule has 1 unspecified atom stereocenters. The molecule has 23 heavy (non-hydrogen) atoms. The average Bonchev–Trinajstić information content (AvgIpc) is 3.03. The van der Waals surface area contributed by atoms with Crippen LogP contribution in [0, 0.1) is 0 Å². The van der Waals surface area contributed by atoms with Crippen molar-refractivity contribution in [2.75, 3.05) is 11.5 Å². The summed E-state index contributed by atoms with van der Waals surface area (Å²) in [5.41, 5.74) is 2.04. The number of rotatable bonds is 3. The Morgan fingerprint density at radius 3 is 2.35 bits per heavy atom. The van der Waals surface area contributed by atoms with E-state index in [1.807, 2.05) is 18.5 Å². The van der Waals surface area contributed by atoms with E-state index in [0.29, 0.717) is 6.61 Å². The summed E-state index contributed by atoms with van der Waals surface area (Å²) in [6.45, 7) is 7.08. The molecule has 0 saturated carbocycles. The Balaban J connectivity index is 1.77. The third kappa shape index (κ3) is 2.21. The molecule has 0 amide bonds. The summed E-state index contributed by atoms with van der Waals surface area (Å²) in [4.78, 5) is 11.4. The minimum absolute atomic E-state index is 0.147. The summed E-state index contributed by atoms with van der Waals surface area (Å²) in [7, 11) is 0. The highest BCUT2D eigenvalue weighted by Gasteiger charge is 2.65. The second-order valence-corrected chi connectivity index (χ2v) is 7.05. The second-order valence-electron chi connectivity index (χ2n) is 7.05. The van der Waals surface area contributed by atoms with Gasteiger partial charge in [0.1, 0.15) is 12.1 Å². The first-order valence-electron chi connectivity index (χ1n) is 8.00. The maximum atomic E-state index is 5.99. The van der Waals surface area contributed by atoms with Crippen LogP contribution in [0.4, 0.5) is 5.69 Å². The first-order valence-corrected chi connectivity index (χ1v) is 8.00. The lowest BCUT2D eigenvalue weighted by Crippen LogP contribution is -2.26. The molecule has 0 aliphatic carbocycles. The summed E-state index contributed by atoms with van der Waals surface area (Å²) >= 11 is 0. The Bertz CT molecular complexity index is 694. The van der Waals surface area contributed by atoms with Crippen LogP contribution >= 0.6 is 0 Å². The van der Waals surface area contributed by atoms with Crippen LogP contribution in [0.2, 0.25) is 0 Å². The van der Waals surface area contributed by atoms with E-state index in [0.717, 1.165) is 5.90 Å². The fourth-order valence-corrected chi connectivity index (χ4v) is 3.48. The predicted octanol–water partition coefficient (Wildman–Crippen LogP) is 3.61. The smallest absolute Gasteiger partial charge is 0.213 e. The van der Waals surface area contributed by atoms with Gasteiger partial charge in [0.2, 0.25) is 5.90 Å². The van der Waals surface area contributed by atoms with Crippen LogP contribution in [-0.2, 0) is 4.74 Å². The van der Waals surface area contributed by atoms with Gasteiger partial charge in [0.15, 0.2) is 0 Å². The minimum atomic E-state index is -0.240. The van der Waals surface area contributed by atoms with Gasteiger partial charge in [-0.1, -0.05) is 18.2 Å². The highest BCUT2D eigenvalue weighted by Crippen LogP contribution is 2.57. The lowest BCUT2D eigenvalue weighted by Gasteiger charge is -2.12. The quantitative estimate of drug-likeness (QED) is 0.813. The fourth-order valence-electron chi connectivity index (χ4n) is 3.48. The van der Waals surface area contributed by atoms with Gasteiger partial charge in [-0.2, -0.15) is 0 Å². The fraction of sp³-hybridized carbons (Fsp3) is 0.368. The highest BCUT2D eigenvalue weighted by molar-refractivity contribution is 5.98. The molecule has 3 heterocycles. The van der Waals surface area contributed by atoms with Crippen molar-refractivity contribution in [2.24, 2.45) is 4.99 Å². The lowest BCUT2D eigenvalue weighted by atomic mass is 10.0. The molecular weight excluding hydrogens is 286 g/mol. The standard InChI is InChI=1S/C19H21N3O/c1-18(2)13-23-17(21-18)19(3)16(14-9-11-20-12-10-14)22(19)15-7-5-4-6-8-15/h4-12,16H,13H2,1-3H3/t16?,19-,22?/m1/s1. The van der Waals surface area contributed by atoms with Crippen molar-refractivity contribution >= 4 is 11.6 Å². The zero-order chi connectivity index (χ0) is 16.1. The van der Waals surface area contributed by atoms with Crippen molar-refractivity contribution in [3.63, 3.8) is 0 Å².